The van der Waals surface area contributed by atoms with E-state index in [0.29, 0.717) is 11.6 Å². The average molecular weight is 256 g/mol. The van der Waals surface area contributed by atoms with Crippen LogP contribution in [0.15, 0.2) is 26.9 Å². The van der Waals surface area contributed by atoms with Crippen LogP contribution in [0.1, 0.15) is 13.8 Å². The zero-order valence-corrected chi connectivity index (χ0v) is 10.1. The van der Waals surface area contributed by atoms with Crippen molar-refractivity contribution in [3.8, 4) is 0 Å². The van der Waals surface area contributed by atoms with Crippen LogP contribution in [0.4, 0.5) is 0 Å². The van der Waals surface area contributed by atoms with Crippen molar-refractivity contribution in [2.45, 2.75) is 13.8 Å². The van der Waals surface area contributed by atoms with E-state index in [1.54, 1.807) is 6.21 Å². The lowest BCUT2D eigenvalue weighted by Gasteiger charge is -2.17. The maximum atomic E-state index is 7.75. The molecular formula is C10H14BrN3. The SMILES string of the molecule is CN/C(=C1/C=C(Br)N=CC1=N)C(C)C. The van der Waals surface area contributed by atoms with Crippen molar-refractivity contribution in [2.75, 3.05) is 7.05 Å². The van der Waals surface area contributed by atoms with E-state index in [2.05, 4.69) is 40.1 Å². The first kappa shape index (κ1) is 11.2. The second-order valence-corrected chi connectivity index (χ2v) is 4.18. The van der Waals surface area contributed by atoms with Crippen molar-refractivity contribution < 1.29 is 0 Å². The smallest absolute Gasteiger partial charge is 0.106 e. The fraction of sp³-hybridized carbons (Fsp3) is 0.400. The lowest BCUT2D eigenvalue weighted by Crippen LogP contribution is -2.19. The summed E-state index contributed by atoms with van der Waals surface area (Å²) in [6, 6.07) is 0. The van der Waals surface area contributed by atoms with Gasteiger partial charge in [0.05, 0.1) is 11.9 Å². The molecule has 0 bridgehead atoms. The van der Waals surface area contributed by atoms with E-state index < -0.39 is 0 Å². The normalized spacial score (nSPS) is 19.8. The first-order chi connectivity index (χ1) is 6.56. The van der Waals surface area contributed by atoms with E-state index in [9.17, 15) is 0 Å². The number of nitrogens with zero attached hydrogens (tertiary/aromatic N) is 1. The van der Waals surface area contributed by atoms with Gasteiger partial charge in [-0.1, -0.05) is 13.8 Å². The predicted octanol–water partition coefficient (Wildman–Crippen LogP) is 2.46. The maximum Gasteiger partial charge on any atom is 0.106 e. The van der Waals surface area contributed by atoms with Gasteiger partial charge < -0.3 is 5.32 Å². The minimum Gasteiger partial charge on any atom is -0.391 e. The molecule has 3 nitrogen and oxygen atoms in total. The largest absolute Gasteiger partial charge is 0.391 e. The van der Waals surface area contributed by atoms with E-state index in [1.165, 1.54) is 0 Å². The summed E-state index contributed by atoms with van der Waals surface area (Å²) < 4.78 is 0.761. The van der Waals surface area contributed by atoms with Crippen molar-refractivity contribution in [3.63, 3.8) is 0 Å². The second-order valence-electron chi connectivity index (χ2n) is 3.37. The Balaban J connectivity index is 3.17. The van der Waals surface area contributed by atoms with Gasteiger partial charge in [-0.2, -0.15) is 0 Å². The van der Waals surface area contributed by atoms with Crippen LogP contribution in [0.25, 0.3) is 0 Å². The molecule has 0 radical (unpaired) electrons. The molecule has 0 amide bonds. The number of hydrogen-bond donors (Lipinski definition) is 2. The maximum absolute atomic E-state index is 7.75. The molecule has 1 aliphatic rings. The summed E-state index contributed by atoms with van der Waals surface area (Å²) >= 11 is 3.31. The number of aliphatic imine (C=N–C) groups is 1. The third-order valence-corrected chi connectivity index (χ3v) is 2.44. The Morgan fingerprint density at radius 1 is 1.57 bits per heavy atom. The van der Waals surface area contributed by atoms with E-state index in [0.717, 1.165) is 15.9 Å². The van der Waals surface area contributed by atoms with Crippen LogP contribution in [0.3, 0.4) is 0 Å². The quantitative estimate of drug-likeness (QED) is 0.732. The Kier molecular flexibility index (Phi) is 3.63. The highest BCUT2D eigenvalue weighted by atomic mass is 79.9. The van der Waals surface area contributed by atoms with Crippen molar-refractivity contribution in [2.24, 2.45) is 10.9 Å². The molecule has 0 atom stereocenters. The molecule has 2 N–H and O–H groups in total. The molecule has 0 aromatic carbocycles. The fourth-order valence-corrected chi connectivity index (χ4v) is 1.72. The van der Waals surface area contributed by atoms with E-state index in [1.807, 2.05) is 13.1 Å². The van der Waals surface area contributed by atoms with Crippen LogP contribution in [0, 0.1) is 11.3 Å². The van der Waals surface area contributed by atoms with Gasteiger partial charge in [-0.3, -0.25) is 5.41 Å². The summed E-state index contributed by atoms with van der Waals surface area (Å²) in [7, 11) is 1.88. The minimum absolute atomic E-state index is 0.374. The number of allylic oxidation sites excluding steroid dienone is 3. The fourth-order valence-electron chi connectivity index (χ4n) is 1.39. The molecule has 14 heavy (non-hydrogen) atoms. The molecule has 4 heteroatoms. The monoisotopic (exact) mass is 255 g/mol. The lowest BCUT2D eigenvalue weighted by molar-refractivity contribution is 0.695. The van der Waals surface area contributed by atoms with Gasteiger partial charge in [-0.25, -0.2) is 4.99 Å². The summed E-state index contributed by atoms with van der Waals surface area (Å²) in [6.07, 6.45) is 3.42. The Labute approximate surface area is 92.6 Å². The minimum atomic E-state index is 0.374. The Bertz CT molecular complexity index is 337. The summed E-state index contributed by atoms with van der Waals surface area (Å²) in [6.45, 7) is 4.19. The number of rotatable bonds is 2. The Morgan fingerprint density at radius 2 is 2.21 bits per heavy atom. The number of hydrogen-bond acceptors (Lipinski definition) is 3. The van der Waals surface area contributed by atoms with E-state index >= 15 is 0 Å². The van der Waals surface area contributed by atoms with Crippen molar-refractivity contribution in [1.29, 1.82) is 5.41 Å². The molecule has 0 fully saturated rings. The van der Waals surface area contributed by atoms with Crippen LogP contribution in [0.2, 0.25) is 0 Å². The van der Waals surface area contributed by atoms with Crippen LogP contribution >= 0.6 is 15.9 Å². The molecule has 0 unspecified atom stereocenters. The van der Waals surface area contributed by atoms with Gasteiger partial charge in [0.1, 0.15) is 4.61 Å². The zero-order chi connectivity index (χ0) is 10.7. The zero-order valence-electron chi connectivity index (χ0n) is 8.56. The van der Waals surface area contributed by atoms with Gasteiger partial charge in [0.25, 0.3) is 0 Å². The third-order valence-electron chi connectivity index (χ3n) is 2.01. The molecular weight excluding hydrogens is 242 g/mol. The van der Waals surface area contributed by atoms with Crippen molar-refractivity contribution >= 4 is 27.9 Å². The molecule has 0 saturated carbocycles. The van der Waals surface area contributed by atoms with Crippen molar-refractivity contribution in [3.05, 3.63) is 22.0 Å². The molecule has 1 heterocycles. The predicted molar refractivity (Wildman–Crippen MR) is 64.2 cm³/mol. The first-order valence-corrected chi connectivity index (χ1v) is 5.27. The highest BCUT2D eigenvalue weighted by Crippen LogP contribution is 2.21. The number of halogens is 1. The van der Waals surface area contributed by atoms with Crippen molar-refractivity contribution in [1.82, 2.24) is 5.32 Å². The summed E-state index contributed by atoms with van der Waals surface area (Å²) in [5.74, 6) is 0.374. The molecule has 1 aliphatic heterocycles. The number of nitrogens with one attached hydrogen (secondary N) is 2. The standard InChI is InChI=1S/C10H14BrN3/c1-6(2)10(13-3)7-4-9(11)14-5-8(7)12/h4-6,12-13H,1-3H3/b10-7-,12-8?. The third kappa shape index (κ3) is 2.32. The van der Waals surface area contributed by atoms with Gasteiger partial charge in [0.2, 0.25) is 0 Å². The lowest BCUT2D eigenvalue weighted by atomic mass is 10.00. The first-order valence-electron chi connectivity index (χ1n) is 4.48. The van der Waals surface area contributed by atoms with Gasteiger partial charge in [0.15, 0.2) is 0 Å². The average Bonchev–Trinajstić information content (AvgIpc) is 2.11. The molecule has 76 valence electrons. The van der Waals surface area contributed by atoms with Gasteiger partial charge in [-0.15, -0.1) is 0 Å². The molecule has 0 spiro atoms. The van der Waals surface area contributed by atoms with Gasteiger partial charge in [0, 0.05) is 18.3 Å². The molecule has 0 aliphatic carbocycles. The second kappa shape index (κ2) is 4.55. The van der Waals surface area contributed by atoms with Crippen LogP contribution in [-0.4, -0.2) is 19.0 Å². The highest BCUT2D eigenvalue weighted by molar-refractivity contribution is 9.11. The molecule has 1 rings (SSSR count). The summed E-state index contributed by atoms with van der Waals surface area (Å²) in [5.41, 5.74) is 2.42. The Morgan fingerprint density at radius 3 is 2.71 bits per heavy atom. The Hall–Kier alpha value is -0.900. The van der Waals surface area contributed by atoms with Crippen LogP contribution in [-0.2, 0) is 0 Å². The highest BCUT2D eigenvalue weighted by Gasteiger charge is 2.14. The van der Waals surface area contributed by atoms with E-state index in [-0.39, 0.29) is 0 Å². The molecule has 0 aromatic heterocycles. The van der Waals surface area contributed by atoms with E-state index in [4.69, 9.17) is 5.41 Å². The van der Waals surface area contributed by atoms with Crippen LogP contribution < -0.4 is 5.32 Å². The summed E-state index contributed by atoms with van der Waals surface area (Å²) in [4.78, 5) is 4.00. The molecule has 0 saturated heterocycles. The summed E-state index contributed by atoms with van der Waals surface area (Å²) in [5, 5.41) is 10.9. The van der Waals surface area contributed by atoms with Crippen LogP contribution in [0.5, 0.6) is 0 Å². The topological polar surface area (TPSA) is 48.2 Å². The van der Waals surface area contributed by atoms with Gasteiger partial charge in [-0.05, 0) is 27.9 Å². The van der Waals surface area contributed by atoms with Gasteiger partial charge >= 0.3 is 0 Å². The molecule has 0 aromatic rings.